The summed E-state index contributed by atoms with van der Waals surface area (Å²) >= 11 is 0. The third-order valence-electron chi connectivity index (χ3n) is 7.81. The number of pyridine rings is 1. The predicted octanol–water partition coefficient (Wildman–Crippen LogP) is 6.65. The van der Waals surface area contributed by atoms with Crippen molar-refractivity contribution < 1.29 is 13.2 Å². The molecular weight excluding hydrogens is 598 g/mol. The minimum absolute atomic E-state index is 0.173. The van der Waals surface area contributed by atoms with Gasteiger partial charge in [-0.05, 0) is 66.6 Å². The van der Waals surface area contributed by atoms with Crippen molar-refractivity contribution in [2.45, 2.75) is 18.4 Å². The second kappa shape index (κ2) is 12.2. The molecule has 2 amide bonds. The SMILES string of the molecule is CCn1cc(-c2ccnc3c2cc(-c2ccc(N(C)C)cc2)n3S(=O)(=O)c2ccccc2)c(-c2ccc(NC(=O)N(C)C)cc2)n1. The highest BCUT2D eigenvalue weighted by Crippen LogP contribution is 2.40. The molecule has 0 aliphatic rings. The zero-order valence-corrected chi connectivity index (χ0v) is 27.2. The molecule has 6 aromatic rings. The van der Waals surface area contributed by atoms with Crippen LogP contribution in [0.4, 0.5) is 16.2 Å². The first-order valence-electron chi connectivity index (χ1n) is 14.8. The van der Waals surface area contributed by atoms with Crippen molar-refractivity contribution in [2.24, 2.45) is 0 Å². The van der Waals surface area contributed by atoms with Gasteiger partial charge in [0.05, 0.1) is 10.6 Å². The third-order valence-corrected chi connectivity index (χ3v) is 9.53. The molecule has 3 heterocycles. The molecule has 3 aromatic carbocycles. The second-order valence-corrected chi connectivity index (χ2v) is 13.1. The molecule has 234 valence electrons. The Morgan fingerprint density at radius 2 is 1.52 bits per heavy atom. The van der Waals surface area contributed by atoms with Crippen molar-refractivity contribution >= 4 is 38.5 Å². The molecule has 0 aliphatic heterocycles. The van der Waals surface area contributed by atoms with E-state index < -0.39 is 10.0 Å². The van der Waals surface area contributed by atoms with E-state index in [1.807, 2.05) is 97.5 Å². The summed E-state index contributed by atoms with van der Waals surface area (Å²) in [4.78, 5) is 20.4. The van der Waals surface area contributed by atoms with Gasteiger partial charge in [-0.25, -0.2) is 22.2 Å². The van der Waals surface area contributed by atoms with Crippen LogP contribution in [0.5, 0.6) is 0 Å². The van der Waals surface area contributed by atoms with Gasteiger partial charge in [-0.2, -0.15) is 5.10 Å². The van der Waals surface area contributed by atoms with Crippen molar-refractivity contribution in [3.8, 4) is 33.6 Å². The number of amides is 2. The highest BCUT2D eigenvalue weighted by Gasteiger charge is 2.27. The van der Waals surface area contributed by atoms with E-state index in [-0.39, 0.29) is 10.9 Å². The Kier molecular flexibility index (Phi) is 8.09. The summed E-state index contributed by atoms with van der Waals surface area (Å²) in [7, 11) is 3.27. The molecule has 0 saturated carbocycles. The van der Waals surface area contributed by atoms with Crippen molar-refractivity contribution in [1.29, 1.82) is 0 Å². The van der Waals surface area contributed by atoms with E-state index in [0.29, 0.717) is 29.0 Å². The number of aryl methyl sites for hydroxylation is 1. The van der Waals surface area contributed by atoms with E-state index in [1.165, 1.54) is 8.87 Å². The molecule has 0 radical (unpaired) electrons. The Labute approximate surface area is 268 Å². The maximum absolute atomic E-state index is 14.3. The molecule has 0 aliphatic carbocycles. The normalized spacial score (nSPS) is 11.5. The van der Waals surface area contributed by atoms with Gasteiger partial charge >= 0.3 is 6.03 Å². The molecule has 0 unspecified atom stereocenters. The molecule has 46 heavy (non-hydrogen) atoms. The lowest BCUT2D eigenvalue weighted by Gasteiger charge is -2.14. The van der Waals surface area contributed by atoms with Crippen LogP contribution in [0.1, 0.15) is 6.92 Å². The molecule has 0 fully saturated rings. The molecule has 0 atom stereocenters. The fourth-order valence-corrected chi connectivity index (χ4v) is 6.83. The van der Waals surface area contributed by atoms with Gasteiger partial charge in [0.25, 0.3) is 10.0 Å². The highest BCUT2D eigenvalue weighted by molar-refractivity contribution is 7.90. The van der Waals surface area contributed by atoms with E-state index in [9.17, 15) is 13.2 Å². The second-order valence-electron chi connectivity index (χ2n) is 11.3. The number of rotatable bonds is 8. The maximum Gasteiger partial charge on any atom is 0.321 e. The van der Waals surface area contributed by atoms with E-state index in [1.54, 1.807) is 50.6 Å². The first-order valence-corrected chi connectivity index (χ1v) is 16.3. The van der Waals surface area contributed by atoms with Crippen LogP contribution < -0.4 is 10.2 Å². The number of nitrogens with zero attached hydrogens (tertiary/aromatic N) is 6. The lowest BCUT2D eigenvalue weighted by Crippen LogP contribution is -2.27. The number of aromatic nitrogens is 4. The number of hydrogen-bond acceptors (Lipinski definition) is 6. The van der Waals surface area contributed by atoms with Crippen LogP contribution in [0.25, 0.3) is 44.7 Å². The minimum atomic E-state index is -4.02. The van der Waals surface area contributed by atoms with Gasteiger partial charge in [-0.15, -0.1) is 0 Å². The fourth-order valence-electron chi connectivity index (χ4n) is 5.32. The summed E-state index contributed by atoms with van der Waals surface area (Å²) in [6.07, 6.45) is 3.61. The molecule has 1 N–H and O–H groups in total. The summed E-state index contributed by atoms with van der Waals surface area (Å²) in [6, 6.07) is 27.3. The van der Waals surface area contributed by atoms with Crippen molar-refractivity contribution in [2.75, 3.05) is 38.4 Å². The quantitative estimate of drug-likeness (QED) is 0.201. The van der Waals surface area contributed by atoms with Crippen molar-refractivity contribution in [3.63, 3.8) is 0 Å². The van der Waals surface area contributed by atoms with E-state index in [0.717, 1.165) is 33.6 Å². The molecule has 0 saturated heterocycles. The van der Waals surface area contributed by atoms with Crippen LogP contribution >= 0.6 is 0 Å². The van der Waals surface area contributed by atoms with Crippen LogP contribution in [0.2, 0.25) is 0 Å². The molecular formula is C35H35N7O3S. The molecule has 0 spiro atoms. The van der Waals surface area contributed by atoms with Gasteiger partial charge in [-0.3, -0.25) is 4.68 Å². The fraction of sp³-hybridized carbons (Fsp3) is 0.171. The number of benzene rings is 3. The van der Waals surface area contributed by atoms with Gasteiger partial charge in [0.2, 0.25) is 0 Å². The van der Waals surface area contributed by atoms with Gasteiger partial charge in [-0.1, -0.05) is 42.5 Å². The number of nitrogens with one attached hydrogen (secondary N) is 1. The van der Waals surface area contributed by atoms with Gasteiger partial charge < -0.3 is 15.1 Å². The number of anilines is 2. The zero-order valence-electron chi connectivity index (χ0n) is 26.3. The Bertz CT molecular complexity index is 2130. The topological polar surface area (TPSA) is 105 Å². The number of urea groups is 1. The Hall–Kier alpha value is -5.42. The number of carbonyl (C=O) groups is 1. The van der Waals surface area contributed by atoms with Crippen LogP contribution in [0.3, 0.4) is 0 Å². The minimum Gasteiger partial charge on any atom is -0.378 e. The average Bonchev–Trinajstić information content (AvgIpc) is 3.68. The third kappa shape index (κ3) is 5.61. The number of fused-ring (bicyclic) bond motifs is 1. The van der Waals surface area contributed by atoms with Gasteiger partial charge in [0.15, 0.2) is 5.65 Å². The smallest absolute Gasteiger partial charge is 0.321 e. The van der Waals surface area contributed by atoms with Crippen LogP contribution in [0.15, 0.2) is 108 Å². The van der Waals surface area contributed by atoms with E-state index >= 15 is 0 Å². The first-order chi connectivity index (χ1) is 22.1. The van der Waals surface area contributed by atoms with Crippen LogP contribution in [-0.2, 0) is 16.6 Å². The number of carbonyl (C=O) groups excluding carboxylic acids is 1. The summed E-state index contributed by atoms with van der Waals surface area (Å²) in [5.41, 5.74) is 6.47. The lowest BCUT2D eigenvalue weighted by atomic mass is 10.00. The summed E-state index contributed by atoms with van der Waals surface area (Å²) in [5, 5.41) is 8.42. The summed E-state index contributed by atoms with van der Waals surface area (Å²) in [6.45, 7) is 2.66. The predicted molar refractivity (Wildman–Crippen MR) is 184 cm³/mol. The monoisotopic (exact) mass is 633 g/mol. The molecule has 11 heteroatoms. The Morgan fingerprint density at radius 3 is 2.15 bits per heavy atom. The van der Waals surface area contributed by atoms with E-state index in [4.69, 9.17) is 5.10 Å². The number of hydrogen-bond donors (Lipinski definition) is 1. The highest BCUT2D eigenvalue weighted by atomic mass is 32.2. The lowest BCUT2D eigenvalue weighted by molar-refractivity contribution is 0.230. The molecule has 6 rings (SSSR count). The van der Waals surface area contributed by atoms with Crippen molar-refractivity contribution in [3.05, 3.63) is 103 Å². The summed E-state index contributed by atoms with van der Waals surface area (Å²) in [5.74, 6) is 0. The van der Waals surface area contributed by atoms with Crippen molar-refractivity contribution in [1.82, 2.24) is 23.6 Å². The van der Waals surface area contributed by atoms with Crippen LogP contribution in [0, 0.1) is 0 Å². The Morgan fingerprint density at radius 1 is 0.848 bits per heavy atom. The van der Waals surface area contributed by atoms with Crippen LogP contribution in [-0.4, -0.2) is 66.3 Å². The largest absolute Gasteiger partial charge is 0.378 e. The summed E-state index contributed by atoms with van der Waals surface area (Å²) < 4.78 is 31.8. The maximum atomic E-state index is 14.3. The first kappa shape index (κ1) is 30.6. The standard InChI is InChI=1S/C35H35N7O3S/c1-6-41-23-31(33(38-41)25-12-16-26(17-13-25)37-35(43)40(4)5)29-20-21-36-34-30(29)22-32(24-14-18-27(19-15-24)39(2)3)42(34)46(44,45)28-10-8-7-9-11-28/h7-23H,6H2,1-5H3,(H,37,43). The van der Waals surface area contributed by atoms with Gasteiger partial charge in [0.1, 0.15) is 5.69 Å². The molecule has 0 bridgehead atoms. The average molecular weight is 634 g/mol. The molecule has 3 aromatic heterocycles. The van der Waals surface area contributed by atoms with E-state index in [2.05, 4.69) is 10.3 Å². The molecule has 10 nitrogen and oxygen atoms in total. The van der Waals surface area contributed by atoms with Gasteiger partial charge in [0, 0.05) is 75.0 Å². The zero-order chi connectivity index (χ0) is 32.6. The Balaban J connectivity index is 1.55.